The number of nitrogens with one attached hydrogen (secondary N) is 3. The second-order valence-electron chi connectivity index (χ2n) is 16.3. The molecule has 0 amide bonds. The summed E-state index contributed by atoms with van der Waals surface area (Å²) in [7, 11) is 4.16. The van der Waals surface area contributed by atoms with Crippen molar-refractivity contribution < 1.29 is 0 Å². The SMILES string of the molecule is C=C(N=C(N=C(N)N(C)C(CCC)CC(C)(C)NCC)N(C)C1CC(C)(C)NC(C)(C)C1)NC(C)(C)CC(C)(C)C. The highest BCUT2D eigenvalue weighted by atomic mass is 15.4. The highest BCUT2D eigenvalue weighted by Crippen LogP contribution is 2.32. The Morgan fingerprint density at radius 3 is 1.98 bits per heavy atom. The fourth-order valence-electron chi connectivity index (χ4n) is 7.07. The van der Waals surface area contributed by atoms with Crippen LogP contribution in [-0.2, 0) is 0 Å². The number of rotatable bonds is 12. The van der Waals surface area contributed by atoms with Gasteiger partial charge in [-0.05, 0) is 99.5 Å². The van der Waals surface area contributed by atoms with E-state index in [9.17, 15) is 0 Å². The molecule has 1 unspecified atom stereocenters. The molecule has 0 aliphatic carbocycles. The zero-order valence-electron chi connectivity index (χ0n) is 29.7. The van der Waals surface area contributed by atoms with Crippen molar-refractivity contribution in [3.8, 4) is 0 Å². The molecule has 0 aromatic carbocycles. The summed E-state index contributed by atoms with van der Waals surface area (Å²) >= 11 is 0. The highest BCUT2D eigenvalue weighted by Gasteiger charge is 2.40. The van der Waals surface area contributed by atoms with Gasteiger partial charge in [-0.1, -0.05) is 47.6 Å². The average Bonchev–Trinajstić information content (AvgIpc) is 2.72. The number of piperidine rings is 1. The van der Waals surface area contributed by atoms with Crippen LogP contribution in [0.25, 0.3) is 0 Å². The van der Waals surface area contributed by atoms with Gasteiger partial charge in [-0.15, -0.1) is 0 Å². The third kappa shape index (κ3) is 13.4. The number of nitrogens with zero attached hydrogens (tertiary/aromatic N) is 4. The fourth-order valence-corrected chi connectivity index (χ4v) is 7.07. The van der Waals surface area contributed by atoms with E-state index in [4.69, 9.17) is 15.7 Å². The molecule has 1 aliphatic heterocycles. The van der Waals surface area contributed by atoms with Crippen LogP contribution in [0.1, 0.15) is 129 Å². The van der Waals surface area contributed by atoms with Crippen LogP contribution in [0, 0.1) is 5.41 Å². The molecule has 0 radical (unpaired) electrons. The van der Waals surface area contributed by atoms with E-state index in [-0.39, 0.29) is 39.7 Å². The van der Waals surface area contributed by atoms with Gasteiger partial charge in [0, 0.05) is 48.3 Å². The molecule has 1 fully saturated rings. The summed E-state index contributed by atoms with van der Waals surface area (Å²) < 4.78 is 0. The zero-order chi connectivity index (χ0) is 32.0. The van der Waals surface area contributed by atoms with Crippen LogP contribution in [-0.4, -0.2) is 76.6 Å². The minimum absolute atomic E-state index is 0.0000563. The number of hydrogen-bond donors (Lipinski definition) is 4. The maximum absolute atomic E-state index is 6.79. The van der Waals surface area contributed by atoms with Crippen molar-refractivity contribution in [1.29, 1.82) is 0 Å². The topological polar surface area (TPSA) is 93.3 Å². The zero-order valence-corrected chi connectivity index (χ0v) is 29.7. The van der Waals surface area contributed by atoms with Gasteiger partial charge in [-0.25, -0.2) is 0 Å². The maximum atomic E-state index is 6.79. The van der Waals surface area contributed by atoms with E-state index in [1.807, 2.05) is 0 Å². The van der Waals surface area contributed by atoms with Gasteiger partial charge in [0.2, 0.25) is 5.96 Å². The van der Waals surface area contributed by atoms with Crippen molar-refractivity contribution in [2.45, 2.75) is 163 Å². The second-order valence-corrected chi connectivity index (χ2v) is 16.3. The summed E-state index contributed by atoms with van der Waals surface area (Å²) in [4.78, 5) is 14.4. The van der Waals surface area contributed by atoms with Crippen LogP contribution < -0.4 is 21.7 Å². The van der Waals surface area contributed by atoms with Crippen molar-refractivity contribution in [2.24, 2.45) is 21.1 Å². The van der Waals surface area contributed by atoms with Gasteiger partial charge in [-0.3, -0.25) is 0 Å². The Kier molecular flexibility index (Phi) is 12.8. The Bertz CT molecular complexity index is 891. The molecule has 0 aromatic heterocycles. The van der Waals surface area contributed by atoms with Crippen molar-refractivity contribution in [3.05, 3.63) is 12.4 Å². The first kappa shape index (κ1) is 37.2. The molecule has 0 bridgehead atoms. The largest absolute Gasteiger partial charge is 0.369 e. The van der Waals surface area contributed by atoms with Crippen LogP contribution >= 0.6 is 0 Å². The minimum atomic E-state index is -0.169. The predicted octanol–water partition coefficient (Wildman–Crippen LogP) is 6.05. The van der Waals surface area contributed by atoms with E-state index < -0.39 is 0 Å². The molecule has 240 valence electrons. The lowest BCUT2D eigenvalue weighted by Gasteiger charge is -2.49. The Morgan fingerprint density at radius 2 is 1.51 bits per heavy atom. The van der Waals surface area contributed by atoms with Crippen molar-refractivity contribution in [1.82, 2.24) is 25.8 Å². The number of aliphatic imine (C=N–C) groups is 2. The van der Waals surface area contributed by atoms with Crippen LogP contribution in [0.15, 0.2) is 22.4 Å². The Balaban J connectivity index is 3.47. The van der Waals surface area contributed by atoms with Gasteiger partial charge in [0.1, 0.15) is 5.82 Å². The predicted molar refractivity (Wildman–Crippen MR) is 180 cm³/mol. The Morgan fingerprint density at radius 1 is 0.976 bits per heavy atom. The average molecular weight is 577 g/mol. The fraction of sp³-hybridized carbons (Fsp3) is 0.879. The molecule has 5 N–H and O–H groups in total. The van der Waals surface area contributed by atoms with Crippen molar-refractivity contribution in [2.75, 3.05) is 20.6 Å². The summed E-state index contributed by atoms with van der Waals surface area (Å²) in [6.45, 7) is 34.4. The van der Waals surface area contributed by atoms with E-state index in [1.165, 1.54) is 0 Å². The molecule has 0 saturated carbocycles. The molecule has 41 heavy (non-hydrogen) atoms. The third-order valence-corrected chi connectivity index (χ3v) is 7.87. The van der Waals surface area contributed by atoms with E-state index in [1.54, 1.807) is 0 Å². The smallest absolute Gasteiger partial charge is 0.230 e. The summed E-state index contributed by atoms with van der Waals surface area (Å²) in [5.74, 6) is 1.68. The molecule has 1 heterocycles. The Hall–Kier alpha value is -1.80. The van der Waals surface area contributed by atoms with Gasteiger partial charge < -0.3 is 31.5 Å². The van der Waals surface area contributed by atoms with Crippen LogP contribution in [0.4, 0.5) is 0 Å². The molecule has 1 aliphatic rings. The van der Waals surface area contributed by atoms with Gasteiger partial charge in [0.15, 0.2) is 5.96 Å². The molecule has 8 heteroatoms. The van der Waals surface area contributed by atoms with Gasteiger partial charge in [-0.2, -0.15) is 9.98 Å². The molecule has 1 atom stereocenters. The molecule has 1 saturated heterocycles. The quantitative estimate of drug-likeness (QED) is 0.167. The number of guanidine groups is 2. The summed E-state index contributed by atoms with van der Waals surface area (Å²) in [5, 5.41) is 11.0. The van der Waals surface area contributed by atoms with E-state index in [0.29, 0.717) is 17.7 Å². The second kappa shape index (κ2) is 14.1. The summed E-state index contributed by atoms with van der Waals surface area (Å²) in [6, 6.07) is 0.504. The molecule has 0 aromatic rings. The van der Waals surface area contributed by atoms with Crippen LogP contribution in [0.3, 0.4) is 0 Å². The first-order valence-corrected chi connectivity index (χ1v) is 15.8. The molecule has 8 nitrogen and oxygen atoms in total. The lowest BCUT2D eigenvalue weighted by atomic mass is 9.79. The number of hydrogen-bond acceptors (Lipinski definition) is 4. The lowest BCUT2D eigenvalue weighted by molar-refractivity contribution is 0.113. The van der Waals surface area contributed by atoms with Crippen LogP contribution in [0.2, 0.25) is 0 Å². The molecule has 1 rings (SSSR count). The number of nitrogens with two attached hydrogens (primary N) is 1. The van der Waals surface area contributed by atoms with E-state index in [2.05, 4.69) is 136 Å². The molecular formula is C33H68N8. The van der Waals surface area contributed by atoms with E-state index in [0.717, 1.165) is 45.1 Å². The van der Waals surface area contributed by atoms with Gasteiger partial charge in [0.25, 0.3) is 0 Å². The minimum Gasteiger partial charge on any atom is -0.369 e. The molecule has 0 spiro atoms. The third-order valence-electron chi connectivity index (χ3n) is 7.87. The van der Waals surface area contributed by atoms with E-state index >= 15 is 0 Å². The van der Waals surface area contributed by atoms with Crippen LogP contribution in [0.5, 0.6) is 0 Å². The first-order chi connectivity index (χ1) is 18.4. The summed E-state index contributed by atoms with van der Waals surface area (Å²) in [6.07, 6.45) is 6.01. The van der Waals surface area contributed by atoms with Gasteiger partial charge >= 0.3 is 0 Å². The maximum Gasteiger partial charge on any atom is 0.230 e. The summed E-state index contributed by atoms with van der Waals surface area (Å²) in [5.41, 5.74) is 6.78. The lowest BCUT2D eigenvalue weighted by Crippen LogP contribution is -2.62. The highest BCUT2D eigenvalue weighted by molar-refractivity contribution is 5.94. The Labute approximate surface area is 254 Å². The van der Waals surface area contributed by atoms with Crippen molar-refractivity contribution in [3.63, 3.8) is 0 Å². The van der Waals surface area contributed by atoms with Crippen molar-refractivity contribution >= 4 is 11.9 Å². The first-order valence-electron chi connectivity index (χ1n) is 15.8. The standard InChI is InChI=1S/C33H68N8/c1-17-19-25(20-30(7,8)35-18-2)40(15)27(34)37-28(36-24(3)38-33(13,14)23-29(4,5)6)41(16)26-21-31(9,10)39-32(11,12)22-26/h25-26,35,38-39H,3,17-23H2,1-2,4-16H3,(H2,34,36,37). The normalized spacial score (nSPS) is 19.6. The molecular weight excluding hydrogens is 508 g/mol. The monoisotopic (exact) mass is 577 g/mol. The van der Waals surface area contributed by atoms with Gasteiger partial charge in [0.05, 0.1) is 0 Å².